The van der Waals surface area contributed by atoms with Gasteiger partial charge in [0.1, 0.15) is 6.10 Å². The van der Waals surface area contributed by atoms with Crippen LogP contribution in [0, 0.1) is 0 Å². The lowest BCUT2D eigenvalue weighted by Gasteiger charge is -2.15. The predicted molar refractivity (Wildman–Crippen MR) is 195 cm³/mol. The van der Waals surface area contributed by atoms with E-state index in [1.54, 1.807) is 0 Å². The first kappa shape index (κ1) is 43.7. The molecule has 0 spiro atoms. The van der Waals surface area contributed by atoms with Crippen molar-refractivity contribution in [2.45, 2.75) is 238 Å². The molecule has 0 aromatic rings. The average molecular weight is 635 g/mol. The Hall–Kier alpha value is -1.32. The molecular weight excluding hydrogens is 556 g/mol. The summed E-state index contributed by atoms with van der Waals surface area (Å²) in [6.07, 6.45) is 45.4. The molecule has 0 heterocycles. The fraction of sp³-hybridized carbons (Fsp3) is 0.902. The van der Waals surface area contributed by atoms with Crippen molar-refractivity contribution in [3.05, 3.63) is 12.2 Å². The third-order valence-electron chi connectivity index (χ3n) is 9.22. The summed E-state index contributed by atoms with van der Waals surface area (Å²) in [7, 11) is 0. The molecule has 0 aliphatic rings. The second-order valence-electron chi connectivity index (χ2n) is 13.8. The SMILES string of the molecule is CCCCCCCCC/C=C\C(CCCCCCC(=O)O)OC(=O)CCCCCCCCCCCCCCCCCCCCC. The van der Waals surface area contributed by atoms with E-state index in [1.165, 1.54) is 154 Å². The number of aliphatic carboxylic acids is 1. The maximum atomic E-state index is 12.6. The molecule has 0 amide bonds. The number of hydrogen-bond donors (Lipinski definition) is 1. The average Bonchev–Trinajstić information content (AvgIpc) is 3.02. The maximum Gasteiger partial charge on any atom is 0.306 e. The highest BCUT2D eigenvalue weighted by Gasteiger charge is 2.11. The van der Waals surface area contributed by atoms with Gasteiger partial charge in [-0.15, -0.1) is 0 Å². The van der Waals surface area contributed by atoms with Crippen molar-refractivity contribution < 1.29 is 19.4 Å². The quantitative estimate of drug-likeness (QED) is 0.0419. The second kappa shape index (κ2) is 37.1. The summed E-state index contributed by atoms with van der Waals surface area (Å²) in [5, 5.41) is 8.83. The number of carboxylic acid groups (broad SMARTS) is 1. The van der Waals surface area contributed by atoms with Gasteiger partial charge in [-0.05, 0) is 44.6 Å². The van der Waals surface area contributed by atoms with Crippen LogP contribution in [0.3, 0.4) is 0 Å². The molecular formula is C41H78O4. The van der Waals surface area contributed by atoms with Crippen molar-refractivity contribution in [1.29, 1.82) is 0 Å². The molecule has 0 radical (unpaired) electrons. The van der Waals surface area contributed by atoms with Crippen LogP contribution in [0.5, 0.6) is 0 Å². The molecule has 1 N–H and O–H groups in total. The van der Waals surface area contributed by atoms with Crippen molar-refractivity contribution in [1.82, 2.24) is 0 Å². The van der Waals surface area contributed by atoms with E-state index in [2.05, 4.69) is 26.0 Å². The van der Waals surface area contributed by atoms with Crippen LogP contribution >= 0.6 is 0 Å². The van der Waals surface area contributed by atoms with Crippen LogP contribution in [-0.2, 0) is 14.3 Å². The van der Waals surface area contributed by atoms with Crippen molar-refractivity contribution >= 4 is 11.9 Å². The van der Waals surface area contributed by atoms with Crippen molar-refractivity contribution in [2.75, 3.05) is 0 Å². The number of unbranched alkanes of at least 4 members (excludes halogenated alkanes) is 28. The predicted octanol–water partition coefficient (Wildman–Crippen LogP) is 13.8. The highest BCUT2D eigenvalue weighted by molar-refractivity contribution is 5.69. The van der Waals surface area contributed by atoms with E-state index >= 15 is 0 Å². The lowest BCUT2D eigenvalue weighted by molar-refractivity contribution is -0.147. The van der Waals surface area contributed by atoms with Crippen LogP contribution in [-0.4, -0.2) is 23.1 Å². The third-order valence-corrected chi connectivity index (χ3v) is 9.22. The smallest absolute Gasteiger partial charge is 0.306 e. The Morgan fingerprint density at radius 3 is 1.27 bits per heavy atom. The molecule has 0 fully saturated rings. The molecule has 0 bridgehead atoms. The summed E-state index contributed by atoms with van der Waals surface area (Å²) in [6, 6.07) is 0. The molecule has 0 aliphatic carbocycles. The molecule has 1 atom stereocenters. The Kier molecular flexibility index (Phi) is 36.1. The van der Waals surface area contributed by atoms with E-state index in [-0.39, 0.29) is 18.5 Å². The normalized spacial score (nSPS) is 12.2. The zero-order chi connectivity index (χ0) is 32.9. The minimum atomic E-state index is -0.718. The minimum absolute atomic E-state index is 0.0570. The van der Waals surface area contributed by atoms with Gasteiger partial charge in [-0.3, -0.25) is 9.59 Å². The first-order valence-electron chi connectivity index (χ1n) is 20.2. The van der Waals surface area contributed by atoms with Crippen LogP contribution in [0.2, 0.25) is 0 Å². The first-order valence-corrected chi connectivity index (χ1v) is 20.2. The third kappa shape index (κ3) is 37.0. The number of hydrogen-bond acceptors (Lipinski definition) is 3. The summed E-state index contributed by atoms with van der Waals surface area (Å²) >= 11 is 0. The van der Waals surface area contributed by atoms with Gasteiger partial charge in [-0.2, -0.15) is 0 Å². The first-order chi connectivity index (χ1) is 22.1. The maximum absolute atomic E-state index is 12.6. The number of carbonyl (C=O) groups excluding carboxylic acids is 1. The standard InChI is InChI=1S/C41H78O4/c1-3-5-7-9-11-13-14-15-16-17-18-19-20-21-22-24-26-28-34-38-41(44)45-39(36-32-29-30-33-37-40(42)43)35-31-27-25-23-12-10-8-6-4-2/h31,35,39H,3-30,32-34,36-38H2,1-2H3,(H,42,43)/b35-31-. The lowest BCUT2D eigenvalue weighted by atomic mass is 10.0. The van der Waals surface area contributed by atoms with E-state index in [0.29, 0.717) is 6.42 Å². The highest BCUT2D eigenvalue weighted by atomic mass is 16.5. The Bertz CT molecular complexity index is 643. The number of rotatable bonds is 37. The summed E-state index contributed by atoms with van der Waals surface area (Å²) in [4.78, 5) is 23.3. The van der Waals surface area contributed by atoms with E-state index in [0.717, 1.165) is 51.4 Å². The van der Waals surface area contributed by atoms with Gasteiger partial charge < -0.3 is 9.84 Å². The largest absolute Gasteiger partial charge is 0.481 e. The van der Waals surface area contributed by atoms with Gasteiger partial charge in [-0.1, -0.05) is 187 Å². The Morgan fingerprint density at radius 1 is 0.489 bits per heavy atom. The Balaban J connectivity index is 3.86. The molecule has 0 saturated carbocycles. The number of carboxylic acids is 1. The number of esters is 1. The van der Waals surface area contributed by atoms with Crippen LogP contribution in [0.25, 0.3) is 0 Å². The minimum Gasteiger partial charge on any atom is -0.481 e. The van der Waals surface area contributed by atoms with E-state index < -0.39 is 5.97 Å². The molecule has 4 heteroatoms. The number of ether oxygens (including phenoxy) is 1. The molecule has 0 aromatic carbocycles. The van der Waals surface area contributed by atoms with Gasteiger partial charge in [0.2, 0.25) is 0 Å². The zero-order valence-corrected chi connectivity index (χ0v) is 30.4. The zero-order valence-electron chi connectivity index (χ0n) is 30.4. The molecule has 0 aromatic heterocycles. The molecule has 0 saturated heterocycles. The van der Waals surface area contributed by atoms with Crippen molar-refractivity contribution in [3.63, 3.8) is 0 Å². The van der Waals surface area contributed by atoms with Gasteiger partial charge in [0.05, 0.1) is 0 Å². The summed E-state index contributed by atoms with van der Waals surface area (Å²) in [5.41, 5.74) is 0. The topological polar surface area (TPSA) is 63.6 Å². The fourth-order valence-corrected chi connectivity index (χ4v) is 6.21. The summed E-state index contributed by atoms with van der Waals surface area (Å²) in [5.74, 6) is -0.775. The Labute approximate surface area is 281 Å². The fourth-order valence-electron chi connectivity index (χ4n) is 6.21. The molecule has 0 rings (SSSR count). The number of allylic oxidation sites excluding steroid dienone is 1. The molecule has 45 heavy (non-hydrogen) atoms. The van der Waals surface area contributed by atoms with E-state index in [9.17, 15) is 9.59 Å². The molecule has 0 aliphatic heterocycles. The van der Waals surface area contributed by atoms with Gasteiger partial charge in [-0.25, -0.2) is 0 Å². The van der Waals surface area contributed by atoms with Gasteiger partial charge in [0, 0.05) is 12.8 Å². The van der Waals surface area contributed by atoms with Crippen LogP contribution < -0.4 is 0 Å². The van der Waals surface area contributed by atoms with Gasteiger partial charge in [0.25, 0.3) is 0 Å². The van der Waals surface area contributed by atoms with Crippen LogP contribution in [0.15, 0.2) is 12.2 Å². The highest BCUT2D eigenvalue weighted by Crippen LogP contribution is 2.17. The molecule has 1 unspecified atom stereocenters. The van der Waals surface area contributed by atoms with Gasteiger partial charge in [0.15, 0.2) is 0 Å². The van der Waals surface area contributed by atoms with Crippen LogP contribution in [0.1, 0.15) is 232 Å². The van der Waals surface area contributed by atoms with Gasteiger partial charge >= 0.3 is 11.9 Å². The van der Waals surface area contributed by atoms with Crippen molar-refractivity contribution in [3.8, 4) is 0 Å². The van der Waals surface area contributed by atoms with Crippen molar-refractivity contribution in [2.24, 2.45) is 0 Å². The second-order valence-corrected chi connectivity index (χ2v) is 13.8. The molecule has 4 nitrogen and oxygen atoms in total. The van der Waals surface area contributed by atoms with Crippen LogP contribution in [0.4, 0.5) is 0 Å². The van der Waals surface area contributed by atoms with E-state index in [1.807, 2.05) is 0 Å². The monoisotopic (exact) mass is 635 g/mol. The summed E-state index contributed by atoms with van der Waals surface area (Å²) in [6.45, 7) is 4.55. The van der Waals surface area contributed by atoms with E-state index in [4.69, 9.17) is 9.84 Å². The Morgan fingerprint density at radius 2 is 0.844 bits per heavy atom. The molecule has 266 valence electrons. The number of carbonyl (C=O) groups is 2. The lowest BCUT2D eigenvalue weighted by Crippen LogP contribution is -2.16. The summed E-state index contributed by atoms with van der Waals surface area (Å²) < 4.78 is 5.88.